The van der Waals surface area contributed by atoms with Gasteiger partial charge in [0.25, 0.3) is 0 Å². The molecule has 0 fully saturated rings. The second-order valence-electron chi connectivity index (χ2n) is 5.00. The van der Waals surface area contributed by atoms with E-state index in [1.807, 2.05) is 12.1 Å². The summed E-state index contributed by atoms with van der Waals surface area (Å²) in [4.78, 5) is 23.6. The van der Waals surface area contributed by atoms with Crippen molar-refractivity contribution in [1.82, 2.24) is 0 Å². The van der Waals surface area contributed by atoms with Gasteiger partial charge in [-0.2, -0.15) is 10.5 Å². The van der Waals surface area contributed by atoms with Crippen LogP contribution < -0.4 is 0 Å². The highest BCUT2D eigenvalue weighted by Gasteiger charge is 2.09. The Kier molecular flexibility index (Phi) is 6.27. The first-order chi connectivity index (χ1) is 12.1. The molecule has 2 aromatic carbocycles. The summed E-state index contributed by atoms with van der Waals surface area (Å²) >= 11 is 0. The van der Waals surface area contributed by atoms with E-state index in [1.165, 1.54) is 48.5 Å². The molecule has 0 saturated heterocycles. The molecule has 0 radical (unpaired) electrons. The number of ether oxygens (including phenoxy) is 2. The van der Waals surface area contributed by atoms with Crippen LogP contribution in [0.15, 0.2) is 48.5 Å². The maximum Gasteiger partial charge on any atom is 0.338 e. The fourth-order valence-electron chi connectivity index (χ4n) is 1.92. The number of esters is 2. The van der Waals surface area contributed by atoms with E-state index >= 15 is 0 Å². The molecule has 0 saturated carbocycles. The normalized spacial score (nSPS) is 9.52. The Morgan fingerprint density at radius 1 is 0.720 bits per heavy atom. The zero-order valence-electron chi connectivity index (χ0n) is 13.3. The fraction of sp³-hybridized carbons (Fsp3) is 0.158. The lowest BCUT2D eigenvalue weighted by molar-refractivity contribution is 0.0396. The van der Waals surface area contributed by atoms with Crippen LogP contribution in [0.1, 0.15) is 38.3 Å². The van der Waals surface area contributed by atoms with Crippen molar-refractivity contribution < 1.29 is 19.1 Å². The molecule has 0 bridgehead atoms. The number of nitriles is 2. The van der Waals surface area contributed by atoms with Crippen LogP contribution in [-0.4, -0.2) is 25.2 Å². The van der Waals surface area contributed by atoms with E-state index in [-0.39, 0.29) is 13.2 Å². The van der Waals surface area contributed by atoms with E-state index in [4.69, 9.17) is 20.0 Å². The van der Waals surface area contributed by atoms with E-state index in [0.29, 0.717) is 28.7 Å². The highest BCUT2D eigenvalue weighted by Crippen LogP contribution is 2.07. The van der Waals surface area contributed by atoms with E-state index < -0.39 is 11.9 Å². The Balaban J connectivity index is 1.70. The third-order valence-corrected chi connectivity index (χ3v) is 3.25. The lowest BCUT2D eigenvalue weighted by Gasteiger charge is -2.06. The van der Waals surface area contributed by atoms with Gasteiger partial charge in [0.1, 0.15) is 0 Å². The molecular weight excluding hydrogens is 320 g/mol. The molecule has 0 aliphatic carbocycles. The minimum Gasteiger partial charge on any atom is -0.462 e. The standard InChI is InChI=1S/C19H14N2O4/c20-12-14-2-6-16(7-3-14)18(22)24-10-1-11-25-19(23)17-8-4-15(13-21)5-9-17/h2-9H,1,10-11H2. The number of hydrogen-bond donors (Lipinski definition) is 0. The number of carbonyl (C=O) groups excluding carboxylic acids is 2. The summed E-state index contributed by atoms with van der Waals surface area (Å²) in [6.07, 6.45) is 0.365. The topological polar surface area (TPSA) is 100 Å². The Hall–Kier alpha value is -3.64. The SMILES string of the molecule is N#Cc1ccc(C(=O)OCCCOC(=O)c2ccc(C#N)cc2)cc1. The van der Waals surface area contributed by atoms with Crippen molar-refractivity contribution in [3.05, 3.63) is 70.8 Å². The van der Waals surface area contributed by atoms with Crippen LogP contribution in [0.5, 0.6) is 0 Å². The van der Waals surface area contributed by atoms with Crippen molar-refractivity contribution in [3.8, 4) is 12.1 Å². The molecule has 6 nitrogen and oxygen atoms in total. The molecule has 124 valence electrons. The number of carbonyl (C=O) groups is 2. The third kappa shape index (κ3) is 5.19. The average Bonchev–Trinajstić information content (AvgIpc) is 2.67. The molecule has 0 aliphatic rings. The predicted octanol–water partition coefficient (Wildman–Crippen LogP) is 2.83. The third-order valence-electron chi connectivity index (χ3n) is 3.25. The van der Waals surface area contributed by atoms with Gasteiger partial charge >= 0.3 is 11.9 Å². The molecule has 0 amide bonds. The minimum atomic E-state index is -0.497. The molecule has 25 heavy (non-hydrogen) atoms. The lowest BCUT2D eigenvalue weighted by atomic mass is 10.1. The first kappa shape index (κ1) is 17.7. The fourth-order valence-corrected chi connectivity index (χ4v) is 1.92. The smallest absolute Gasteiger partial charge is 0.338 e. The van der Waals surface area contributed by atoms with E-state index in [2.05, 4.69) is 0 Å². The molecule has 2 aromatic rings. The van der Waals surface area contributed by atoms with Gasteiger partial charge in [-0.1, -0.05) is 0 Å². The first-order valence-corrected chi connectivity index (χ1v) is 7.48. The van der Waals surface area contributed by atoms with Gasteiger partial charge in [0.2, 0.25) is 0 Å². The molecule has 0 unspecified atom stereocenters. The van der Waals surface area contributed by atoms with Crippen LogP contribution in [0.2, 0.25) is 0 Å². The zero-order valence-corrected chi connectivity index (χ0v) is 13.3. The van der Waals surface area contributed by atoms with Crippen molar-refractivity contribution in [2.45, 2.75) is 6.42 Å². The number of nitrogens with zero attached hydrogens (tertiary/aromatic N) is 2. The molecule has 0 spiro atoms. The summed E-state index contributed by atoms with van der Waals surface area (Å²) in [5.74, 6) is -0.995. The van der Waals surface area contributed by atoms with Crippen molar-refractivity contribution in [3.63, 3.8) is 0 Å². The van der Waals surface area contributed by atoms with Crippen LogP contribution in [0, 0.1) is 22.7 Å². The lowest BCUT2D eigenvalue weighted by Crippen LogP contribution is -2.11. The zero-order chi connectivity index (χ0) is 18.1. The van der Waals surface area contributed by atoms with Crippen LogP contribution in [0.3, 0.4) is 0 Å². The van der Waals surface area contributed by atoms with E-state index in [0.717, 1.165) is 0 Å². The highest BCUT2D eigenvalue weighted by molar-refractivity contribution is 5.90. The van der Waals surface area contributed by atoms with E-state index in [9.17, 15) is 9.59 Å². The van der Waals surface area contributed by atoms with Gasteiger partial charge in [0, 0.05) is 6.42 Å². The van der Waals surface area contributed by atoms with Crippen molar-refractivity contribution >= 4 is 11.9 Å². The van der Waals surface area contributed by atoms with Crippen LogP contribution in [0.25, 0.3) is 0 Å². The Labute approximate surface area is 144 Å². The maximum absolute atomic E-state index is 11.8. The monoisotopic (exact) mass is 334 g/mol. The van der Waals surface area contributed by atoms with Gasteiger partial charge in [-0.05, 0) is 48.5 Å². The van der Waals surface area contributed by atoms with Crippen LogP contribution >= 0.6 is 0 Å². The van der Waals surface area contributed by atoms with Gasteiger partial charge in [-0.15, -0.1) is 0 Å². The molecule has 0 aromatic heterocycles. The Bertz CT molecular complexity index is 756. The highest BCUT2D eigenvalue weighted by atomic mass is 16.5. The van der Waals surface area contributed by atoms with Crippen molar-refractivity contribution in [2.75, 3.05) is 13.2 Å². The van der Waals surface area contributed by atoms with Crippen molar-refractivity contribution in [1.29, 1.82) is 10.5 Å². The average molecular weight is 334 g/mol. The van der Waals surface area contributed by atoms with Gasteiger partial charge in [-0.25, -0.2) is 9.59 Å². The molecule has 0 atom stereocenters. The van der Waals surface area contributed by atoms with Gasteiger partial charge < -0.3 is 9.47 Å². The Morgan fingerprint density at radius 2 is 1.08 bits per heavy atom. The largest absolute Gasteiger partial charge is 0.462 e. The summed E-state index contributed by atoms with van der Waals surface area (Å²) in [7, 11) is 0. The van der Waals surface area contributed by atoms with E-state index in [1.54, 1.807) is 0 Å². The molecule has 0 aliphatic heterocycles. The molecule has 0 heterocycles. The molecule has 0 N–H and O–H groups in total. The van der Waals surface area contributed by atoms with Gasteiger partial charge in [0.15, 0.2) is 0 Å². The minimum absolute atomic E-state index is 0.111. The predicted molar refractivity (Wildman–Crippen MR) is 87.5 cm³/mol. The summed E-state index contributed by atoms with van der Waals surface area (Å²) in [6, 6.07) is 16.2. The molecule has 6 heteroatoms. The van der Waals surface area contributed by atoms with Gasteiger partial charge in [-0.3, -0.25) is 0 Å². The maximum atomic E-state index is 11.8. The number of hydrogen-bond acceptors (Lipinski definition) is 6. The number of rotatable bonds is 6. The summed E-state index contributed by atoms with van der Waals surface area (Å²) < 4.78 is 10.1. The Morgan fingerprint density at radius 3 is 1.40 bits per heavy atom. The van der Waals surface area contributed by atoms with Crippen LogP contribution in [0.4, 0.5) is 0 Å². The second kappa shape index (κ2) is 8.85. The summed E-state index contributed by atoms with van der Waals surface area (Å²) in [5.41, 5.74) is 1.64. The van der Waals surface area contributed by atoms with Crippen LogP contribution in [-0.2, 0) is 9.47 Å². The molecule has 2 rings (SSSR count). The molecular formula is C19H14N2O4. The summed E-state index contributed by atoms with van der Waals surface area (Å²) in [5, 5.41) is 17.4. The number of benzene rings is 2. The van der Waals surface area contributed by atoms with Gasteiger partial charge in [0.05, 0.1) is 47.6 Å². The first-order valence-electron chi connectivity index (χ1n) is 7.48. The second-order valence-corrected chi connectivity index (χ2v) is 5.00. The quantitative estimate of drug-likeness (QED) is 0.595. The van der Waals surface area contributed by atoms with Crippen molar-refractivity contribution in [2.24, 2.45) is 0 Å². The summed E-state index contributed by atoms with van der Waals surface area (Å²) in [6.45, 7) is 0.221.